The van der Waals surface area contributed by atoms with Crippen LogP contribution >= 0.6 is 0 Å². The third-order valence-electron chi connectivity index (χ3n) is 3.38. The number of benzene rings is 1. The van der Waals surface area contributed by atoms with E-state index >= 15 is 0 Å². The number of nitrogen functional groups attached to an aromatic ring is 1. The average molecular weight is 267 g/mol. The maximum atomic E-state index is 6.26. The average Bonchev–Trinajstić information content (AvgIpc) is 3.03. The van der Waals surface area contributed by atoms with Gasteiger partial charge in [0.2, 0.25) is 0 Å². The van der Waals surface area contributed by atoms with Gasteiger partial charge in [0.15, 0.2) is 0 Å². The summed E-state index contributed by atoms with van der Waals surface area (Å²) in [6.45, 7) is 4.01. The Morgan fingerprint density at radius 3 is 2.60 bits per heavy atom. The number of furan rings is 1. The number of aryl methyl sites for hydroxylation is 1. The van der Waals surface area contributed by atoms with E-state index in [0.29, 0.717) is 5.82 Å². The van der Waals surface area contributed by atoms with Crippen molar-refractivity contribution in [1.29, 1.82) is 0 Å². The molecule has 2 N–H and O–H groups in total. The molecule has 3 rings (SSSR count). The highest BCUT2D eigenvalue weighted by molar-refractivity contribution is 5.69. The molecule has 0 aliphatic rings. The molecule has 1 aromatic carbocycles. The second-order valence-corrected chi connectivity index (χ2v) is 4.76. The zero-order valence-corrected chi connectivity index (χ0v) is 11.6. The van der Waals surface area contributed by atoms with Crippen LogP contribution in [-0.4, -0.2) is 9.78 Å². The van der Waals surface area contributed by atoms with Crippen molar-refractivity contribution in [3.8, 4) is 16.9 Å². The van der Waals surface area contributed by atoms with E-state index in [4.69, 9.17) is 10.2 Å². The molecular weight excluding hydrogens is 250 g/mol. The van der Waals surface area contributed by atoms with Gasteiger partial charge in [-0.05, 0) is 31.5 Å². The second-order valence-electron chi connectivity index (χ2n) is 4.76. The zero-order valence-electron chi connectivity index (χ0n) is 11.6. The quantitative estimate of drug-likeness (QED) is 0.789. The van der Waals surface area contributed by atoms with Gasteiger partial charge in [0, 0.05) is 11.1 Å². The minimum atomic E-state index is 0.688. The fourth-order valence-corrected chi connectivity index (χ4v) is 2.38. The van der Waals surface area contributed by atoms with E-state index in [1.807, 2.05) is 43.3 Å². The van der Waals surface area contributed by atoms with Crippen LogP contribution in [0.4, 0.5) is 5.82 Å². The van der Waals surface area contributed by atoms with E-state index in [0.717, 1.165) is 34.7 Å². The fraction of sp³-hybridized carbons (Fsp3) is 0.188. The Morgan fingerprint density at radius 2 is 2.00 bits per heavy atom. The smallest absolute Gasteiger partial charge is 0.131 e. The van der Waals surface area contributed by atoms with E-state index in [-0.39, 0.29) is 0 Å². The van der Waals surface area contributed by atoms with Gasteiger partial charge >= 0.3 is 0 Å². The molecule has 4 heteroatoms. The van der Waals surface area contributed by atoms with Gasteiger partial charge in [-0.25, -0.2) is 4.68 Å². The molecule has 0 amide bonds. The fourth-order valence-electron chi connectivity index (χ4n) is 2.38. The third kappa shape index (κ3) is 1.99. The number of hydrogen-bond acceptors (Lipinski definition) is 3. The van der Waals surface area contributed by atoms with Crippen LogP contribution < -0.4 is 5.73 Å². The molecule has 0 unspecified atom stereocenters. The molecule has 0 spiro atoms. The van der Waals surface area contributed by atoms with Gasteiger partial charge in [-0.15, -0.1) is 0 Å². The number of hydrogen-bond donors (Lipinski definition) is 1. The molecule has 20 heavy (non-hydrogen) atoms. The van der Waals surface area contributed by atoms with Crippen LogP contribution in [0.15, 0.2) is 47.1 Å². The van der Waals surface area contributed by atoms with Crippen molar-refractivity contribution in [2.24, 2.45) is 0 Å². The van der Waals surface area contributed by atoms with Crippen molar-refractivity contribution in [3.05, 3.63) is 54.0 Å². The van der Waals surface area contributed by atoms with E-state index in [2.05, 4.69) is 12.0 Å². The summed E-state index contributed by atoms with van der Waals surface area (Å²) in [6.07, 6.45) is 2.56. The lowest BCUT2D eigenvalue weighted by Gasteiger charge is -2.03. The van der Waals surface area contributed by atoms with Gasteiger partial charge in [0.05, 0.1) is 5.69 Å². The van der Waals surface area contributed by atoms with Crippen LogP contribution in [0.5, 0.6) is 0 Å². The Morgan fingerprint density at radius 1 is 1.25 bits per heavy atom. The highest BCUT2D eigenvalue weighted by atomic mass is 16.3. The summed E-state index contributed by atoms with van der Waals surface area (Å²) in [5.41, 5.74) is 10.1. The molecule has 0 saturated carbocycles. The number of rotatable bonds is 3. The molecule has 0 aliphatic heterocycles. The Kier molecular flexibility index (Phi) is 3.06. The predicted molar refractivity (Wildman–Crippen MR) is 79.8 cm³/mol. The van der Waals surface area contributed by atoms with Crippen LogP contribution in [0.3, 0.4) is 0 Å². The number of aromatic nitrogens is 2. The maximum Gasteiger partial charge on any atom is 0.131 e. The molecule has 2 heterocycles. The first-order valence-corrected chi connectivity index (χ1v) is 6.69. The Labute approximate surface area is 117 Å². The normalized spacial score (nSPS) is 10.9. The van der Waals surface area contributed by atoms with Gasteiger partial charge < -0.3 is 10.2 Å². The number of anilines is 1. The molecular formula is C16H17N3O. The largest absolute Gasteiger partial charge is 0.469 e. The lowest BCUT2D eigenvalue weighted by atomic mass is 10.1. The summed E-state index contributed by atoms with van der Waals surface area (Å²) in [5.74, 6) is 1.56. The van der Waals surface area contributed by atoms with E-state index < -0.39 is 0 Å². The predicted octanol–water partition coefficient (Wildman–Crippen LogP) is 3.59. The van der Waals surface area contributed by atoms with E-state index in [9.17, 15) is 0 Å². The van der Waals surface area contributed by atoms with Crippen molar-refractivity contribution >= 4 is 5.82 Å². The Bertz CT molecular complexity index is 726. The molecule has 4 nitrogen and oxygen atoms in total. The van der Waals surface area contributed by atoms with Gasteiger partial charge in [0.25, 0.3) is 0 Å². The minimum Gasteiger partial charge on any atom is -0.469 e. The van der Waals surface area contributed by atoms with Crippen LogP contribution in [0, 0.1) is 6.92 Å². The summed E-state index contributed by atoms with van der Waals surface area (Å²) in [5, 5.41) is 4.67. The number of nitrogens with two attached hydrogens (primary N) is 1. The lowest BCUT2D eigenvalue weighted by Crippen LogP contribution is -2.02. The number of para-hydroxylation sites is 1. The molecule has 102 valence electrons. The molecule has 0 atom stereocenters. The first-order chi connectivity index (χ1) is 9.70. The third-order valence-corrected chi connectivity index (χ3v) is 3.38. The SMILES string of the molecule is CCc1c(-c2coc(C)c2)nn(-c2ccccc2)c1N. The van der Waals surface area contributed by atoms with Crippen molar-refractivity contribution in [2.75, 3.05) is 5.73 Å². The summed E-state index contributed by atoms with van der Waals surface area (Å²) in [7, 11) is 0. The molecule has 0 saturated heterocycles. The first kappa shape index (κ1) is 12.5. The Balaban J connectivity index is 2.17. The summed E-state index contributed by atoms with van der Waals surface area (Å²) >= 11 is 0. The summed E-state index contributed by atoms with van der Waals surface area (Å²) in [4.78, 5) is 0. The van der Waals surface area contributed by atoms with Crippen LogP contribution in [0.1, 0.15) is 18.2 Å². The molecule has 0 aliphatic carbocycles. The number of nitrogens with zero attached hydrogens (tertiary/aromatic N) is 2. The summed E-state index contributed by atoms with van der Waals surface area (Å²) in [6, 6.07) is 11.9. The van der Waals surface area contributed by atoms with Crippen molar-refractivity contribution in [1.82, 2.24) is 9.78 Å². The van der Waals surface area contributed by atoms with Crippen molar-refractivity contribution in [3.63, 3.8) is 0 Å². The summed E-state index contributed by atoms with van der Waals surface area (Å²) < 4.78 is 7.17. The highest BCUT2D eigenvalue weighted by Gasteiger charge is 2.17. The molecule has 0 radical (unpaired) electrons. The van der Waals surface area contributed by atoms with Crippen molar-refractivity contribution < 1.29 is 4.42 Å². The van der Waals surface area contributed by atoms with Gasteiger partial charge in [-0.1, -0.05) is 25.1 Å². The van der Waals surface area contributed by atoms with Crippen LogP contribution in [0.2, 0.25) is 0 Å². The van der Waals surface area contributed by atoms with Crippen molar-refractivity contribution in [2.45, 2.75) is 20.3 Å². The second kappa shape index (κ2) is 4.89. The standard InChI is InChI=1S/C16H17N3O/c1-3-14-15(12-9-11(2)20-10-12)18-19(16(14)17)13-7-5-4-6-8-13/h4-10H,3,17H2,1-2H3. The Hall–Kier alpha value is -2.49. The maximum absolute atomic E-state index is 6.26. The van der Waals surface area contributed by atoms with Gasteiger partial charge in [0.1, 0.15) is 23.5 Å². The van der Waals surface area contributed by atoms with Gasteiger partial charge in [-0.3, -0.25) is 0 Å². The lowest BCUT2D eigenvalue weighted by molar-refractivity contribution is 0.534. The molecule has 0 bridgehead atoms. The van der Waals surface area contributed by atoms with Gasteiger partial charge in [-0.2, -0.15) is 5.10 Å². The van der Waals surface area contributed by atoms with E-state index in [1.165, 1.54) is 0 Å². The first-order valence-electron chi connectivity index (χ1n) is 6.69. The molecule has 2 aromatic heterocycles. The minimum absolute atomic E-state index is 0.688. The van der Waals surface area contributed by atoms with Crippen LogP contribution in [0.25, 0.3) is 16.9 Å². The topological polar surface area (TPSA) is 57.0 Å². The van der Waals surface area contributed by atoms with Crippen LogP contribution in [-0.2, 0) is 6.42 Å². The molecule has 0 fully saturated rings. The molecule has 3 aromatic rings. The monoisotopic (exact) mass is 267 g/mol. The van der Waals surface area contributed by atoms with E-state index in [1.54, 1.807) is 10.9 Å². The zero-order chi connectivity index (χ0) is 14.1. The highest BCUT2D eigenvalue weighted by Crippen LogP contribution is 2.30.